The smallest absolute Gasteiger partial charge is 0.316 e. The van der Waals surface area contributed by atoms with Crippen LogP contribution in [-0.2, 0) is 9.53 Å². The van der Waals surface area contributed by atoms with Crippen LogP contribution in [0.5, 0.6) is 0 Å². The predicted octanol–water partition coefficient (Wildman–Crippen LogP) is 0.659. The summed E-state index contributed by atoms with van der Waals surface area (Å²) in [4.78, 5) is 25.9. The summed E-state index contributed by atoms with van der Waals surface area (Å²) < 4.78 is 4.86. The maximum atomic E-state index is 11.3. The molecule has 20 heavy (non-hydrogen) atoms. The van der Waals surface area contributed by atoms with Crippen LogP contribution in [0.4, 0.5) is 11.9 Å². The van der Waals surface area contributed by atoms with Crippen molar-refractivity contribution in [3.05, 3.63) is 0 Å². The molecule has 1 rings (SSSR count). The maximum Gasteiger partial charge on any atom is 0.316 e. The van der Waals surface area contributed by atoms with Gasteiger partial charge in [0.1, 0.15) is 0 Å². The van der Waals surface area contributed by atoms with Gasteiger partial charge in [0, 0.05) is 13.1 Å². The van der Waals surface area contributed by atoms with Gasteiger partial charge in [0.15, 0.2) is 5.16 Å². The number of esters is 1. The van der Waals surface area contributed by atoms with Crippen molar-refractivity contribution in [2.45, 2.75) is 25.9 Å². The van der Waals surface area contributed by atoms with E-state index in [4.69, 9.17) is 10.6 Å². The molecule has 0 spiro atoms. The number of carbonyl (C=O) groups excluding carboxylic acids is 1. The molecule has 1 aromatic rings. The zero-order valence-electron chi connectivity index (χ0n) is 11.9. The summed E-state index contributed by atoms with van der Waals surface area (Å²) in [6, 6.07) is 0. The van der Waals surface area contributed by atoms with Gasteiger partial charge >= 0.3 is 5.97 Å². The average molecular weight is 300 g/mol. The standard InChI is InChI=1S/C11H20N6O2S/c1-4-17(5-2)10-13-9(16-12)14-11(15-10)20-7-8(18)19-6-3/h4-7,12H2,1-3H3,(H,13,14,15,16). The van der Waals surface area contributed by atoms with Crippen LogP contribution in [-0.4, -0.2) is 46.4 Å². The summed E-state index contributed by atoms with van der Waals surface area (Å²) >= 11 is 1.19. The van der Waals surface area contributed by atoms with Gasteiger partial charge in [0.05, 0.1) is 12.4 Å². The highest BCUT2D eigenvalue weighted by Crippen LogP contribution is 2.18. The maximum absolute atomic E-state index is 11.3. The van der Waals surface area contributed by atoms with Gasteiger partial charge in [-0.2, -0.15) is 15.0 Å². The third-order valence-corrected chi connectivity index (χ3v) is 3.22. The molecule has 0 atom stereocenters. The van der Waals surface area contributed by atoms with Gasteiger partial charge in [-0.15, -0.1) is 0 Å². The Morgan fingerprint density at radius 3 is 2.55 bits per heavy atom. The van der Waals surface area contributed by atoms with Gasteiger partial charge in [-0.3, -0.25) is 10.2 Å². The van der Waals surface area contributed by atoms with E-state index in [1.54, 1.807) is 6.92 Å². The summed E-state index contributed by atoms with van der Waals surface area (Å²) in [5.41, 5.74) is 2.41. The first-order chi connectivity index (χ1) is 9.64. The first-order valence-corrected chi connectivity index (χ1v) is 7.39. The molecule has 0 aliphatic carbocycles. The highest BCUT2D eigenvalue weighted by Gasteiger charge is 2.12. The lowest BCUT2D eigenvalue weighted by Crippen LogP contribution is -2.25. The summed E-state index contributed by atoms with van der Waals surface area (Å²) in [6.45, 7) is 7.68. The number of nitrogens with two attached hydrogens (primary N) is 1. The number of nitrogens with one attached hydrogen (secondary N) is 1. The van der Waals surface area contributed by atoms with Crippen LogP contribution in [0, 0.1) is 0 Å². The van der Waals surface area contributed by atoms with Crippen molar-refractivity contribution >= 4 is 29.6 Å². The quantitative estimate of drug-likeness (QED) is 0.310. The van der Waals surface area contributed by atoms with Crippen molar-refractivity contribution in [2.75, 3.05) is 35.8 Å². The minimum Gasteiger partial charge on any atom is -0.465 e. The number of ether oxygens (including phenoxy) is 1. The Bertz CT molecular complexity index is 441. The summed E-state index contributed by atoms with van der Waals surface area (Å²) in [5.74, 6) is 6.01. The Morgan fingerprint density at radius 2 is 2.00 bits per heavy atom. The van der Waals surface area contributed by atoms with Crippen molar-refractivity contribution < 1.29 is 9.53 Å². The minimum atomic E-state index is -0.301. The van der Waals surface area contributed by atoms with Crippen LogP contribution in [0.2, 0.25) is 0 Å². The van der Waals surface area contributed by atoms with Gasteiger partial charge in [-0.25, -0.2) is 5.84 Å². The molecule has 0 radical (unpaired) electrons. The van der Waals surface area contributed by atoms with Crippen LogP contribution < -0.4 is 16.2 Å². The Hall–Kier alpha value is -1.61. The van der Waals surface area contributed by atoms with E-state index in [0.29, 0.717) is 17.7 Å². The van der Waals surface area contributed by atoms with Crippen LogP contribution in [0.1, 0.15) is 20.8 Å². The number of carbonyl (C=O) groups is 1. The highest BCUT2D eigenvalue weighted by molar-refractivity contribution is 7.99. The summed E-state index contributed by atoms with van der Waals surface area (Å²) in [5, 5.41) is 0.433. The average Bonchev–Trinajstić information content (AvgIpc) is 2.46. The summed E-state index contributed by atoms with van der Waals surface area (Å²) in [7, 11) is 0. The van der Waals surface area contributed by atoms with Crippen molar-refractivity contribution in [1.82, 2.24) is 15.0 Å². The van der Waals surface area contributed by atoms with Crippen LogP contribution in [0.25, 0.3) is 0 Å². The summed E-state index contributed by atoms with van der Waals surface area (Å²) in [6.07, 6.45) is 0. The largest absolute Gasteiger partial charge is 0.465 e. The monoisotopic (exact) mass is 300 g/mol. The minimum absolute atomic E-state index is 0.152. The number of rotatable bonds is 8. The Labute approximate surface area is 122 Å². The molecule has 3 N–H and O–H groups in total. The van der Waals surface area contributed by atoms with Gasteiger partial charge in [-0.1, -0.05) is 11.8 Å². The number of thioether (sulfide) groups is 1. The lowest BCUT2D eigenvalue weighted by atomic mass is 10.5. The fourth-order valence-corrected chi connectivity index (χ4v) is 2.08. The van der Waals surface area contributed by atoms with E-state index in [-0.39, 0.29) is 17.7 Å². The van der Waals surface area contributed by atoms with E-state index >= 15 is 0 Å². The second-order valence-corrected chi connectivity index (χ2v) is 4.59. The third kappa shape index (κ3) is 4.82. The molecule has 0 unspecified atom stereocenters. The molecule has 0 amide bonds. The number of hydrazine groups is 1. The molecule has 8 nitrogen and oxygen atoms in total. The second-order valence-electron chi connectivity index (χ2n) is 3.65. The van der Waals surface area contributed by atoms with E-state index in [1.807, 2.05) is 18.7 Å². The van der Waals surface area contributed by atoms with Crippen molar-refractivity contribution in [2.24, 2.45) is 5.84 Å². The molecular weight excluding hydrogens is 280 g/mol. The highest BCUT2D eigenvalue weighted by atomic mass is 32.2. The number of nitrogens with zero attached hydrogens (tertiary/aromatic N) is 4. The number of anilines is 2. The van der Waals surface area contributed by atoms with Gasteiger partial charge in [0.2, 0.25) is 11.9 Å². The zero-order chi connectivity index (χ0) is 15.0. The number of nitrogen functional groups attached to an aromatic ring is 1. The molecule has 0 saturated heterocycles. The van der Waals surface area contributed by atoms with Crippen LogP contribution in [0.3, 0.4) is 0 Å². The predicted molar refractivity (Wildman–Crippen MR) is 78.6 cm³/mol. The lowest BCUT2D eigenvalue weighted by Gasteiger charge is -2.19. The first-order valence-electron chi connectivity index (χ1n) is 6.40. The number of hydrogen-bond acceptors (Lipinski definition) is 9. The zero-order valence-corrected chi connectivity index (χ0v) is 12.7. The number of aromatic nitrogens is 3. The van der Waals surface area contributed by atoms with E-state index in [1.165, 1.54) is 11.8 Å². The Morgan fingerprint density at radius 1 is 1.30 bits per heavy atom. The van der Waals surface area contributed by atoms with Gasteiger partial charge < -0.3 is 9.64 Å². The van der Waals surface area contributed by atoms with Gasteiger partial charge in [-0.05, 0) is 20.8 Å². The number of hydrogen-bond donors (Lipinski definition) is 2. The van der Waals surface area contributed by atoms with Crippen LogP contribution >= 0.6 is 11.8 Å². The molecular formula is C11H20N6O2S. The fourth-order valence-electron chi connectivity index (χ4n) is 1.45. The topological polar surface area (TPSA) is 106 Å². The molecule has 112 valence electrons. The molecule has 0 bridgehead atoms. The molecule has 0 fully saturated rings. The molecule has 1 heterocycles. The first kappa shape index (κ1) is 16.4. The van der Waals surface area contributed by atoms with E-state index in [0.717, 1.165) is 13.1 Å². The van der Waals surface area contributed by atoms with Gasteiger partial charge in [0.25, 0.3) is 0 Å². The van der Waals surface area contributed by atoms with Crippen molar-refractivity contribution in [3.8, 4) is 0 Å². The third-order valence-electron chi connectivity index (χ3n) is 2.40. The SMILES string of the molecule is CCOC(=O)CSc1nc(NN)nc(N(CC)CC)n1. The van der Waals surface area contributed by atoms with Crippen molar-refractivity contribution in [3.63, 3.8) is 0 Å². The molecule has 0 aliphatic rings. The van der Waals surface area contributed by atoms with E-state index in [2.05, 4.69) is 20.4 Å². The Balaban J connectivity index is 2.84. The Kier molecular flexibility index (Phi) is 7.02. The van der Waals surface area contributed by atoms with Crippen molar-refractivity contribution in [1.29, 1.82) is 0 Å². The van der Waals surface area contributed by atoms with E-state index < -0.39 is 0 Å². The molecule has 0 aromatic carbocycles. The van der Waals surface area contributed by atoms with Crippen LogP contribution in [0.15, 0.2) is 5.16 Å². The normalized spacial score (nSPS) is 10.2. The second kappa shape index (κ2) is 8.54. The molecule has 0 saturated carbocycles. The molecule has 9 heteroatoms. The molecule has 0 aliphatic heterocycles. The lowest BCUT2D eigenvalue weighted by molar-refractivity contribution is -0.139. The molecule has 1 aromatic heterocycles. The van der Waals surface area contributed by atoms with E-state index in [9.17, 15) is 4.79 Å². The fraction of sp³-hybridized carbons (Fsp3) is 0.636.